The van der Waals surface area contributed by atoms with Crippen molar-refractivity contribution in [2.24, 2.45) is 11.7 Å². The Kier molecular flexibility index (Phi) is 5.82. The number of carbonyl (C=O) groups is 1. The SMILES string of the molecule is COc1c([C@H]2[C@H](c3nc4c([nH]3)CCN(C3CC3)C4C(N)=O)O[C@@](C)(C(F)(F)F)[C@H]2C)ccc(F)c1F. The molecule has 2 fully saturated rings. The van der Waals surface area contributed by atoms with E-state index in [1.165, 1.54) is 13.0 Å². The fourth-order valence-corrected chi connectivity index (χ4v) is 5.67. The van der Waals surface area contributed by atoms with E-state index < -0.39 is 59.1 Å². The summed E-state index contributed by atoms with van der Waals surface area (Å²) < 4.78 is 82.1. The third-order valence-corrected chi connectivity index (χ3v) is 7.91. The van der Waals surface area contributed by atoms with Crippen LogP contribution in [0.15, 0.2) is 12.1 Å². The lowest BCUT2D eigenvalue weighted by Gasteiger charge is -2.32. The van der Waals surface area contributed by atoms with Crippen LogP contribution in [0, 0.1) is 17.6 Å². The third-order valence-electron chi connectivity index (χ3n) is 7.91. The van der Waals surface area contributed by atoms with E-state index in [0.29, 0.717) is 24.4 Å². The lowest BCUT2D eigenvalue weighted by atomic mass is 9.77. The molecule has 1 amide bonds. The van der Waals surface area contributed by atoms with E-state index in [0.717, 1.165) is 32.9 Å². The molecule has 3 heterocycles. The molecule has 3 N–H and O–H groups in total. The molecule has 36 heavy (non-hydrogen) atoms. The molecule has 2 aliphatic heterocycles. The van der Waals surface area contributed by atoms with Crippen LogP contribution in [-0.4, -0.2) is 52.2 Å². The number of fused-ring (bicyclic) bond motifs is 1. The van der Waals surface area contributed by atoms with Gasteiger partial charge in [-0.25, -0.2) is 9.37 Å². The van der Waals surface area contributed by atoms with Crippen molar-refractivity contribution in [2.45, 2.75) is 69.0 Å². The molecule has 1 unspecified atom stereocenters. The van der Waals surface area contributed by atoms with Crippen LogP contribution in [0.5, 0.6) is 5.75 Å². The molecule has 12 heteroatoms. The Labute approximate surface area is 204 Å². The summed E-state index contributed by atoms with van der Waals surface area (Å²) in [6.07, 6.45) is -3.71. The maximum atomic E-state index is 14.6. The number of amides is 1. The summed E-state index contributed by atoms with van der Waals surface area (Å²) in [5.41, 5.74) is 4.08. The maximum Gasteiger partial charge on any atom is 0.417 e. The number of H-pyrrole nitrogens is 1. The number of alkyl halides is 3. The van der Waals surface area contributed by atoms with Crippen molar-refractivity contribution in [3.8, 4) is 5.75 Å². The minimum absolute atomic E-state index is 0.0299. The number of ether oxygens (including phenoxy) is 2. The van der Waals surface area contributed by atoms with E-state index in [4.69, 9.17) is 15.2 Å². The predicted octanol–water partition coefficient (Wildman–Crippen LogP) is 4.06. The zero-order chi connectivity index (χ0) is 26.2. The summed E-state index contributed by atoms with van der Waals surface area (Å²) in [5, 5.41) is 0. The van der Waals surface area contributed by atoms with E-state index in [1.807, 2.05) is 4.90 Å². The maximum absolute atomic E-state index is 14.6. The number of hydrogen-bond donors (Lipinski definition) is 2. The summed E-state index contributed by atoms with van der Waals surface area (Å²) in [5.74, 6) is -5.82. The van der Waals surface area contributed by atoms with Gasteiger partial charge < -0.3 is 20.2 Å². The van der Waals surface area contributed by atoms with E-state index in [-0.39, 0.29) is 17.4 Å². The molecule has 0 spiro atoms. The highest BCUT2D eigenvalue weighted by Crippen LogP contribution is 2.59. The number of nitrogens with two attached hydrogens (primary N) is 1. The highest BCUT2D eigenvalue weighted by atomic mass is 19.4. The molecule has 3 aliphatic rings. The van der Waals surface area contributed by atoms with Crippen LogP contribution in [0.3, 0.4) is 0 Å². The van der Waals surface area contributed by atoms with Crippen molar-refractivity contribution < 1.29 is 36.2 Å². The molecule has 1 aliphatic carbocycles. The first-order chi connectivity index (χ1) is 16.9. The van der Waals surface area contributed by atoms with Crippen LogP contribution in [0.4, 0.5) is 22.0 Å². The minimum Gasteiger partial charge on any atom is -0.493 e. The van der Waals surface area contributed by atoms with Crippen LogP contribution in [0.25, 0.3) is 0 Å². The summed E-state index contributed by atoms with van der Waals surface area (Å²) in [6.45, 7) is 2.83. The molecule has 0 bridgehead atoms. The average molecular weight is 514 g/mol. The van der Waals surface area contributed by atoms with E-state index in [9.17, 15) is 26.7 Å². The number of aromatic amines is 1. The summed E-state index contributed by atoms with van der Waals surface area (Å²) >= 11 is 0. The largest absolute Gasteiger partial charge is 0.493 e. The molecule has 1 saturated heterocycles. The van der Waals surface area contributed by atoms with Gasteiger partial charge in [-0.1, -0.05) is 13.0 Å². The van der Waals surface area contributed by atoms with Gasteiger partial charge in [-0.3, -0.25) is 9.69 Å². The number of primary amides is 1. The van der Waals surface area contributed by atoms with Gasteiger partial charge in [0, 0.05) is 42.1 Å². The number of carbonyl (C=O) groups excluding carboxylic acids is 1. The van der Waals surface area contributed by atoms with Gasteiger partial charge in [0.2, 0.25) is 11.7 Å². The van der Waals surface area contributed by atoms with Crippen LogP contribution in [-0.2, 0) is 16.0 Å². The number of hydrogen-bond acceptors (Lipinski definition) is 5. The van der Waals surface area contributed by atoms with Crippen LogP contribution < -0.4 is 10.5 Å². The van der Waals surface area contributed by atoms with Gasteiger partial charge in [0.05, 0.1) is 12.8 Å². The summed E-state index contributed by atoms with van der Waals surface area (Å²) in [6, 6.07) is 1.46. The van der Waals surface area contributed by atoms with Crippen LogP contribution in [0.2, 0.25) is 0 Å². The van der Waals surface area contributed by atoms with Crippen molar-refractivity contribution in [1.29, 1.82) is 0 Å². The van der Waals surface area contributed by atoms with Crippen molar-refractivity contribution in [3.05, 3.63) is 46.5 Å². The number of methoxy groups -OCH3 is 1. The second-order valence-electron chi connectivity index (χ2n) is 9.95. The third kappa shape index (κ3) is 3.68. The van der Waals surface area contributed by atoms with Crippen molar-refractivity contribution in [2.75, 3.05) is 13.7 Å². The predicted molar refractivity (Wildman–Crippen MR) is 117 cm³/mol. The summed E-state index contributed by atoms with van der Waals surface area (Å²) in [7, 11) is 1.12. The number of imidazole rings is 1. The molecule has 1 aromatic carbocycles. The van der Waals surface area contributed by atoms with Crippen molar-refractivity contribution in [1.82, 2.24) is 14.9 Å². The van der Waals surface area contributed by atoms with Gasteiger partial charge in [-0.2, -0.15) is 17.6 Å². The second-order valence-corrected chi connectivity index (χ2v) is 9.95. The highest BCUT2D eigenvalue weighted by molar-refractivity contribution is 5.81. The zero-order valence-corrected chi connectivity index (χ0v) is 20.0. The molecule has 5 atom stereocenters. The van der Waals surface area contributed by atoms with Gasteiger partial charge in [0.15, 0.2) is 17.2 Å². The zero-order valence-electron chi connectivity index (χ0n) is 20.0. The molecule has 196 valence electrons. The number of rotatable bonds is 5. The Hall–Kier alpha value is -2.73. The first kappa shape index (κ1) is 24.9. The Balaban J connectivity index is 1.63. The van der Waals surface area contributed by atoms with Crippen molar-refractivity contribution in [3.63, 3.8) is 0 Å². The molecular formula is C24H27F5N4O3. The van der Waals surface area contributed by atoms with Gasteiger partial charge >= 0.3 is 6.18 Å². The van der Waals surface area contributed by atoms with Crippen LogP contribution in [0.1, 0.15) is 67.5 Å². The summed E-state index contributed by atoms with van der Waals surface area (Å²) in [4.78, 5) is 22.0. The van der Waals surface area contributed by atoms with Gasteiger partial charge in [-0.05, 0) is 25.8 Å². The quantitative estimate of drug-likeness (QED) is 0.588. The first-order valence-corrected chi connectivity index (χ1v) is 11.8. The molecule has 7 nitrogen and oxygen atoms in total. The number of halogens is 5. The van der Waals surface area contributed by atoms with E-state index >= 15 is 0 Å². The average Bonchev–Trinajstić information content (AvgIpc) is 3.50. The molecule has 5 rings (SSSR count). The van der Waals surface area contributed by atoms with Crippen LogP contribution >= 0.6 is 0 Å². The Morgan fingerprint density at radius 3 is 2.58 bits per heavy atom. The normalized spacial score (nSPS) is 30.9. The molecule has 2 aromatic rings. The van der Waals surface area contributed by atoms with E-state index in [2.05, 4.69) is 9.97 Å². The number of nitrogens with one attached hydrogen (secondary N) is 1. The molecule has 1 aromatic heterocycles. The fraction of sp³-hybridized carbons (Fsp3) is 0.583. The monoisotopic (exact) mass is 514 g/mol. The second kappa shape index (κ2) is 8.41. The lowest BCUT2D eigenvalue weighted by Crippen LogP contribution is -2.46. The Bertz CT molecular complexity index is 1200. The van der Waals surface area contributed by atoms with Crippen molar-refractivity contribution >= 4 is 5.91 Å². The Morgan fingerprint density at radius 2 is 2.00 bits per heavy atom. The minimum atomic E-state index is -4.77. The van der Waals surface area contributed by atoms with E-state index in [1.54, 1.807) is 0 Å². The van der Waals surface area contributed by atoms with Gasteiger partial charge in [-0.15, -0.1) is 0 Å². The number of nitrogens with zero attached hydrogens (tertiary/aromatic N) is 2. The highest BCUT2D eigenvalue weighted by Gasteiger charge is 2.65. The fourth-order valence-electron chi connectivity index (χ4n) is 5.67. The smallest absolute Gasteiger partial charge is 0.417 e. The topological polar surface area (TPSA) is 93.5 Å². The van der Waals surface area contributed by atoms with Gasteiger partial charge in [0.1, 0.15) is 18.0 Å². The Morgan fingerprint density at radius 1 is 1.31 bits per heavy atom. The molecule has 1 saturated carbocycles. The number of benzene rings is 1. The van der Waals surface area contributed by atoms with Gasteiger partial charge in [0.25, 0.3) is 0 Å². The molecular weight excluding hydrogens is 487 g/mol. The first-order valence-electron chi connectivity index (χ1n) is 11.8. The molecule has 0 radical (unpaired) electrons. The standard InChI is InChI=1S/C24H27F5N4O3/c1-10-15(12-6-7-13(25)16(26)19(12)35-3)20(36-23(10,2)24(27,28)29)22-31-14-8-9-33(11-4-5-11)18(21(30)34)17(14)32-22/h6-7,10-11,15,18,20H,4-5,8-9H2,1-3H3,(H2,30,34)(H,31,32)/t10-,15-,18?,20+,23+/m0/s1. The lowest BCUT2D eigenvalue weighted by molar-refractivity contribution is -0.275. The number of aromatic nitrogens is 2.